The van der Waals surface area contributed by atoms with Crippen molar-refractivity contribution in [1.82, 2.24) is 9.97 Å². The van der Waals surface area contributed by atoms with E-state index in [0.717, 1.165) is 23.5 Å². The van der Waals surface area contributed by atoms with E-state index >= 15 is 0 Å². The van der Waals surface area contributed by atoms with Crippen LogP contribution in [-0.2, 0) is 11.2 Å². The molecule has 1 saturated heterocycles. The van der Waals surface area contributed by atoms with E-state index in [-0.39, 0.29) is 11.9 Å². The summed E-state index contributed by atoms with van der Waals surface area (Å²) in [6, 6.07) is 0. The number of nitrogens with zero attached hydrogens (tertiary/aromatic N) is 3. The first-order valence-electron chi connectivity index (χ1n) is 5.63. The van der Waals surface area contributed by atoms with Crippen LogP contribution >= 0.6 is 0 Å². The zero-order chi connectivity index (χ0) is 12.6. The van der Waals surface area contributed by atoms with Crippen LogP contribution < -0.4 is 10.6 Å². The van der Waals surface area contributed by atoms with E-state index in [1.165, 1.54) is 0 Å². The number of hydrogen-bond donors (Lipinski definition) is 2. The smallest absolute Gasteiger partial charge is 0.310 e. The molecular formula is C11H16N4O2. The zero-order valence-corrected chi connectivity index (χ0v) is 9.97. The van der Waals surface area contributed by atoms with Crippen LogP contribution in [0.1, 0.15) is 18.2 Å². The van der Waals surface area contributed by atoms with E-state index < -0.39 is 5.97 Å². The molecule has 0 aliphatic carbocycles. The van der Waals surface area contributed by atoms with Crippen LogP contribution in [0.5, 0.6) is 0 Å². The van der Waals surface area contributed by atoms with Gasteiger partial charge in [-0.2, -0.15) is 4.98 Å². The number of aromatic nitrogens is 2. The van der Waals surface area contributed by atoms with E-state index in [2.05, 4.69) is 9.97 Å². The third-order valence-electron chi connectivity index (χ3n) is 3.09. The van der Waals surface area contributed by atoms with Gasteiger partial charge in [-0.05, 0) is 13.3 Å². The van der Waals surface area contributed by atoms with Gasteiger partial charge < -0.3 is 15.7 Å². The van der Waals surface area contributed by atoms with Gasteiger partial charge in [0.05, 0.1) is 5.92 Å². The number of carbonyl (C=O) groups is 1. The predicted molar refractivity (Wildman–Crippen MR) is 63.9 cm³/mol. The molecule has 0 atom stereocenters. The minimum absolute atomic E-state index is 0.244. The molecule has 92 valence electrons. The monoisotopic (exact) mass is 236 g/mol. The van der Waals surface area contributed by atoms with Gasteiger partial charge in [0.25, 0.3) is 0 Å². The Labute approximate surface area is 99.5 Å². The van der Waals surface area contributed by atoms with Crippen molar-refractivity contribution in [3.63, 3.8) is 0 Å². The molecule has 1 aromatic heterocycles. The highest BCUT2D eigenvalue weighted by molar-refractivity contribution is 5.74. The highest BCUT2D eigenvalue weighted by atomic mass is 16.4. The van der Waals surface area contributed by atoms with Crippen LogP contribution in [0.2, 0.25) is 0 Å². The summed E-state index contributed by atoms with van der Waals surface area (Å²) in [7, 11) is 0. The summed E-state index contributed by atoms with van der Waals surface area (Å²) < 4.78 is 0. The fourth-order valence-electron chi connectivity index (χ4n) is 2.09. The normalized spacial score (nSPS) is 15.8. The second-order valence-electron chi connectivity index (χ2n) is 4.26. The third-order valence-corrected chi connectivity index (χ3v) is 3.09. The lowest BCUT2D eigenvalue weighted by atomic mass is 9.99. The van der Waals surface area contributed by atoms with Gasteiger partial charge in [0, 0.05) is 24.3 Å². The molecule has 1 aliphatic heterocycles. The molecule has 0 amide bonds. The Morgan fingerprint density at radius 3 is 2.71 bits per heavy atom. The van der Waals surface area contributed by atoms with Gasteiger partial charge in [-0.25, -0.2) is 4.98 Å². The van der Waals surface area contributed by atoms with Gasteiger partial charge in [-0.1, -0.05) is 6.92 Å². The summed E-state index contributed by atoms with van der Waals surface area (Å²) in [5, 5.41) is 8.85. The molecule has 6 heteroatoms. The topological polar surface area (TPSA) is 92.3 Å². The van der Waals surface area contributed by atoms with Crippen molar-refractivity contribution in [1.29, 1.82) is 0 Å². The molecule has 2 heterocycles. The molecule has 17 heavy (non-hydrogen) atoms. The Hall–Kier alpha value is -1.85. The van der Waals surface area contributed by atoms with Crippen molar-refractivity contribution in [2.45, 2.75) is 20.3 Å². The summed E-state index contributed by atoms with van der Waals surface area (Å²) in [6.07, 6.45) is 0.815. The van der Waals surface area contributed by atoms with Gasteiger partial charge in [-0.3, -0.25) is 4.79 Å². The average Bonchev–Trinajstić information content (AvgIpc) is 2.13. The summed E-state index contributed by atoms with van der Waals surface area (Å²) >= 11 is 0. The van der Waals surface area contributed by atoms with Crippen LogP contribution in [0, 0.1) is 12.8 Å². The molecule has 0 radical (unpaired) electrons. The summed E-state index contributed by atoms with van der Waals surface area (Å²) in [4.78, 5) is 21.1. The molecular weight excluding hydrogens is 220 g/mol. The minimum Gasteiger partial charge on any atom is -0.481 e. The van der Waals surface area contributed by atoms with Crippen LogP contribution in [-0.4, -0.2) is 34.1 Å². The summed E-state index contributed by atoms with van der Waals surface area (Å²) in [5.41, 5.74) is 7.54. The maximum absolute atomic E-state index is 10.8. The van der Waals surface area contributed by atoms with Crippen LogP contribution in [0.3, 0.4) is 0 Å². The number of anilines is 2. The number of aliphatic carboxylic acids is 1. The largest absolute Gasteiger partial charge is 0.481 e. The van der Waals surface area contributed by atoms with Gasteiger partial charge in [0.1, 0.15) is 5.82 Å². The van der Waals surface area contributed by atoms with Crippen LogP contribution in [0.25, 0.3) is 0 Å². The molecule has 6 nitrogen and oxygen atoms in total. The summed E-state index contributed by atoms with van der Waals surface area (Å²) in [5.74, 6) is -0.0160. The molecule has 0 spiro atoms. The van der Waals surface area contributed by atoms with Crippen molar-refractivity contribution < 1.29 is 9.90 Å². The molecule has 0 bridgehead atoms. The molecule has 2 rings (SSSR count). The van der Waals surface area contributed by atoms with Crippen LogP contribution in [0.15, 0.2) is 0 Å². The Morgan fingerprint density at radius 1 is 1.53 bits per heavy atom. The van der Waals surface area contributed by atoms with Crippen molar-refractivity contribution in [3.8, 4) is 0 Å². The second kappa shape index (κ2) is 4.20. The van der Waals surface area contributed by atoms with Crippen molar-refractivity contribution in [2.75, 3.05) is 23.7 Å². The van der Waals surface area contributed by atoms with E-state index in [0.29, 0.717) is 13.1 Å². The maximum atomic E-state index is 10.8. The Kier molecular flexibility index (Phi) is 2.87. The van der Waals surface area contributed by atoms with Crippen molar-refractivity contribution >= 4 is 17.7 Å². The SMILES string of the molecule is CCc1c(C)nc(N)nc1N1CC(C(=O)O)C1. The van der Waals surface area contributed by atoms with E-state index in [1.807, 2.05) is 18.7 Å². The van der Waals surface area contributed by atoms with E-state index in [1.54, 1.807) is 0 Å². The first-order chi connectivity index (χ1) is 8.02. The van der Waals surface area contributed by atoms with E-state index in [4.69, 9.17) is 10.8 Å². The van der Waals surface area contributed by atoms with Gasteiger partial charge >= 0.3 is 5.97 Å². The maximum Gasteiger partial charge on any atom is 0.310 e. The Balaban J connectivity index is 2.25. The Morgan fingerprint density at radius 2 is 2.18 bits per heavy atom. The molecule has 0 unspecified atom stereocenters. The second-order valence-corrected chi connectivity index (χ2v) is 4.26. The predicted octanol–water partition coefficient (Wildman–Crippen LogP) is 0.450. The van der Waals surface area contributed by atoms with Gasteiger partial charge in [-0.15, -0.1) is 0 Å². The first kappa shape index (κ1) is 11.6. The number of rotatable bonds is 3. The number of nitrogens with two attached hydrogens (primary N) is 1. The lowest BCUT2D eigenvalue weighted by Crippen LogP contribution is -2.51. The number of carboxylic acid groups (broad SMARTS) is 1. The Bertz CT molecular complexity index is 455. The number of aryl methyl sites for hydroxylation is 1. The van der Waals surface area contributed by atoms with Gasteiger partial charge in [0.2, 0.25) is 5.95 Å². The van der Waals surface area contributed by atoms with E-state index in [9.17, 15) is 4.79 Å². The van der Waals surface area contributed by atoms with Gasteiger partial charge in [0.15, 0.2) is 0 Å². The lowest BCUT2D eigenvalue weighted by Gasteiger charge is -2.38. The van der Waals surface area contributed by atoms with Crippen molar-refractivity contribution in [2.24, 2.45) is 5.92 Å². The average molecular weight is 236 g/mol. The fraction of sp³-hybridized carbons (Fsp3) is 0.545. The standard InChI is InChI=1S/C11H16N4O2/c1-3-8-6(2)13-11(12)14-9(8)15-4-7(5-15)10(16)17/h7H,3-5H2,1-2H3,(H,16,17)(H2,12,13,14). The molecule has 1 aromatic rings. The molecule has 3 N–H and O–H groups in total. The first-order valence-corrected chi connectivity index (χ1v) is 5.63. The van der Waals surface area contributed by atoms with Crippen LogP contribution in [0.4, 0.5) is 11.8 Å². The summed E-state index contributed by atoms with van der Waals surface area (Å²) in [6.45, 7) is 4.92. The third kappa shape index (κ3) is 2.02. The lowest BCUT2D eigenvalue weighted by molar-refractivity contribution is -0.142. The molecule has 1 aliphatic rings. The highest BCUT2D eigenvalue weighted by Gasteiger charge is 2.34. The van der Waals surface area contributed by atoms with Crippen molar-refractivity contribution in [3.05, 3.63) is 11.3 Å². The number of hydrogen-bond acceptors (Lipinski definition) is 5. The number of carboxylic acids is 1. The zero-order valence-electron chi connectivity index (χ0n) is 9.97. The number of nitrogen functional groups attached to an aromatic ring is 1. The minimum atomic E-state index is -0.752. The molecule has 0 aromatic carbocycles. The molecule has 0 saturated carbocycles. The molecule has 1 fully saturated rings. The quantitative estimate of drug-likeness (QED) is 0.791. The highest BCUT2D eigenvalue weighted by Crippen LogP contribution is 2.28. The fourth-order valence-corrected chi connectivity index (χ4v) is 2.09.